The third kappa shape index (κ3) is 5.64. The Morgan fingerprint density at radius 3 is 2.42 bits per heavy atom. The van der Waals surface area contributed by atoms with E-state index in [0.29, 0.717) is 17.9 Å². The molecule has 0 bridgehead atoms. The van der Waals surface area contributed by atoms with Gasteiger partial charge in [-0.05, 0) is 47.7 Å². The first kappa shape index (κ1) is 22.7. The molecule has 0 aliphatic carbocycles. The maximum atomic E-state index is 12.9. The van der Waals surface area contributed by atoms with Crippen molar-refractivity contribution in [2.45, 2.75) is 23.6 Å². The molecule has 1 saturated heterocycles. The Balaban J connectivity index is 1.45. The third-order valence-corrected chi connectivity index (χ3v) is 5.57. The van der Waals surface area contributed by atoms with Gasteiger partial charge in [0.15, 0.2) is 0 Å². The highest BCUT2D eigenvalue weighted by molar-refractivity contribution is 8.00. The Hall–Kier alpha value is -3.53. The lowest BCUT2D eigenvalue weighted by molar-refractivity contribution is -0.116. The van der Waals surface area contributed by atoms with E-state index in [2.05, 4.69) is 4.98 Å². The van der Waals surface area contributed by atoms with Crippen molar-refractivity contribution in [2.24, 2.45) is 0 Å². The first-order chi connectivity index (χ1) is 15.8. The third-order valence-electron chi connectivity index (χ3n) is 4.83. The van der Waals surface area contributed by atoms with Crippen LogP contribution in [0.1, 0.15) is 11.1 Å². The first-order valence-electron chi connectivity index (χ1n) is 9.87. The van der Waals surface area contributed by atoms with Crippen molar-refractivity contribution in [2.75, 3.05) is 11.4 Å². The first-order valence-corrected chi connectivity index (χ1v) is 10.7. The number of ether oxygens (including phenoxy) is 1. The number of carbonyl (C=O) groups excluding carboxylic acids is 2. The lowest BCUT2D eigenvalue weighted by Gasteiger charge is -2.19. The zero-order valence-corrected chi connectivity index (χ0v) is 18.0. The fraction of sp³-hybridized carbons (Fsp3) is 0.174. The van der Waals surface area contributed by atoms with Gasteiger partial charge in [-0.15, -0.1) is 0 Å². The number of carbonyl (C=O) groups is 2. The second-order valence-corrected chi connectivity index (χ2v) is 8.31. The minimum atomic E-state index is -4.41. The molecule has 0 N–H and O–H groups in total. The van der Waals surface area contributed by atoms with Gasteiger partial charge in [-0.3, -0.25) is 9.78 Å². The SMILES string of the molecule is O=C1CN(Cc2ccncc2OCc2ccccc2)C(=O)N1c1ccc(SC(F)(F)F)cc1. The molecule has 33 heavy (non-hydrogen) atoms. The normalized spacial score (nSPS) is 14.2. The van der Waals surface area contributed by atoms with Crippen LogP contribution >= 0.6 is 11.8 Å². The molecule has 0 spiro atoms. The van der Waals surface area contributed by atoms with E-state index in [1.54, 1.807) is 18.5 Å². The number of pyridine rings is 1. The van der Waals surface area contributed by atoms with Crippen molar-refractivity contribution in [3.63, 3.8) is 0 Å². The van der Waals surface area contributed by atoms with Crippen LogP contribution in [-0.2, 0) is 17.9 Å². The Labute approximate surface area is 192 Å². The molecule has 0 atom stereocenters. The van der Waals surface area contributed by atoms with E-state index in [1.807, 2.05) is 30.3 Å². The summed E-state index contributed by atoms with van der Waals surface area (Å²) in [5.41, 5.74) is -2.55. The molecule has 1 fully saturated rings. The molecule has 3 aromatic rings. The molecule has 1 aliphatic rings. The summed E-state index contributed by atoms with van der Waals surface area (Å²) in [6.45, 7) is 0.287. The molecule has 0 saturated carbocycles. The zero-order chi connectivity index (χ0) is 23.4. The number of alkyl halides is 3. The summed E-state index contributed by atoms with van der Waals surface area (Å²) < 4.78 is 43.5. The maximum absolute atomic E-state index is 12.9. The topological polar surface area (TPSA) is 62.7 Å². The molecule has 10 heteroatoms. The van der Waals surface area contributed by atoms with Crippen molar-refractivity contribution in [3.8, 4) is 5.75 Å². The van der Waals surface area contributed by atoms with E-state index in [1.165, 1.54) is 29.2 Å². The molecular weight excluding hydrogens is 455 g/mol. The highest BCUT2D eigenvalue weighted by Crippen LogP contribution is 2.37. The molecule has 170 valence electrons. The number of imide groups is 1. The number of amides is 3. The van der Waals surface area contributed by atoms with Crippen molar-refractivity contribution in [1.29, 1.82) is 0 Å². The number of halogens is 3. The summed E-state index contributed by atoms with van der Waals surface area (Å²) in [6, 6.07) is 15.8. The molecule has 0 unspecified atom stereocenters. The smallest absolute Gasteiger partial charge is 0.446 e. The predicted molar refractivity (Wildman–Crippen MR) is 117 cm³/mol. The summed E-state index contributed by atoms with van der Waals surface area (Å²) in [6.07, 6.45) is 3.12. The van der Waals surface area contributed by atoms with Crippen LogP contribution in [-0.4, -0.2) is 33.9 Å². The highest BCUT2D eigenvalue weighted by atomic mass is 32.2. The second-order valence-electron chi connectivity index (χ2n) is 7.17. The van der Waals surface area contributed by atoms with E-state index in [0.717, 1.165) is 10.5 Å². The van der Waals surface area contributed by atoms with Crippen LogP contribution in [0.15, 0.2) is 78.0 Å². The Bertz CT molecular complexity index is 1140. The fourth-order valence-corrected chi connectivity index (χ4v) is 3.87. The summed E-state index contributed by atoms with van der Waals surface area (Å²) in [4.78, 5) is 31.8. The lowest BCUT2D eigenvalue weighted by atomic mass is 10.2. The number of thioether (sulfide) groups is 1. The minimum Gasteiger partial charge on any atom is -0.487 e. The van der Waals surface area contributed by atoms with Crippen LogP contribution in [0, 0.1) is 0 Å². The molecule has 1 aliphatic heterocycles. The van der Waals surface area contributed by atoms with Crippen LogP contribution in [0.5, 0.6) is 5.75 Å². The van der Waals surface area contributed by atoms with Gasteiger partial charge >= 0.3 is 11.5 Å². The van der Waals surface area contributed by atoms with Crippen molar-refractivity contribution in [1.82, 2.24) is 9.88 Å². The lowest BCUT2D eigenvalue weighted by Crippen LogP contribution is -2.32. The Morgan fingerprint density at radius 1 is 1.00 bits per heavy atom. The van der Waals surface area contributed by atoms with Crippen LogP contribution in [0.3, 0.4) is 0 Å². The number of anilines is 1. The predicted octanol–water partition coefficient (Wildman–Crippen LogP) is 5.24. The van der Waals surface area contributed by atoms with Crippen LogP contribution in [0.2, 0.25) is 0 Å². The maximum Gasteiger partial charge on any atom is 0.446 e. The van der Waals surface area contributed by atoms with E-state index in [4.69, 9.17) is 4.74 Å². The molecular formula is C23H18F3N3O3S. The van der Waals surface area contributed by atoms with Gasteiger partial charge in [-0.25, -0.2) is 9.69 Å². The van der Waals surface area contributed by atoms with Crippen molar-refractivity contribution < 1.29 is 27.5 Å². The molecule has 4 rings (SSSR count). The van der Waals surface area contributed by atoms with E-state index in [9.17, 15) is 22.8 Å². The average molecular weight is 473 g/mol. The number of urea groups is 1. The van der Waals surface area contributed by atoms with Gasteiger partial charge in [0.05, 0.1) is 18.4 Å². The highest BCUT2D eigenvalue weighted by Gasteiger charge is 2.37. The van der Waals surface area contributed by atoms with Crippen LogP contribution < -0.4 is 9.64 Å². The quantitative estimate of drug-likeness (QED) is 0.347. The summed E-state index contributed by atoms with van der Waals surface area (Å²) in [5.74, 6) is 0.0330. The number of aromatic nitrogens is 1. The van der Waals surface area contributed by atoms with Gasteiger partial charge in [-0.2, -0.15) is 13.2 Å². The fourth-order valence-electron chi connectivity index (χ4n) is 3.33. The van der Waals surface area contributed by atoms with Crippen LogP contribution in [0.4, 0.5) is 23.7 Å². The Kier molecular flexibility index (Phi) is 6.55. The van der Waals surface area contributed by atoms with E-state index >= 15 is 0 Å². The molecule has 2 heterocycles. The summed E-state index contributed by atoms with van der Waals surface area (Å²) in [7, 11) is 0. The molecule has 0 radical (unpaired) electrons. The zero-order valence-electron chi connectivity index (χ0n) is 17.2. The van der Waals surface area contributed by atoms with Gasteiger partial charge in [0.1, 0.15) is 18.9 Å². The monoisotopic (exact) mass is 473 g/mol. The largest absolute Gasteiger partial charge is 0.487 e. The molecule has 3 amide bonds. The second kappa shape index (κ2) is 9.53. The number of hydrogen-bond acceptors (Lipinski definition) is 5. The standard InChI is InChI=1S/C23H18F3N3O3S/c24-23(25,26)33-19-8-6-18(7-9-19)29-21(30)14-28(22(29)31)13-17-10-11-27-12-20(17)32-15-16-4-2-1-3-5-16/h1-12H,13-15H2. The molecule has 6 nitrogen and oxygen atoms in total. The van der Waals surface area contributed by atoms with Crippen molar-refractivity contribution >= 4 is 29.4 Å². The van der Waals surface area contributed by atoms with Gasteiger partial charge in [0, 0.05) is 16.7 Å². The van der Waals surface area contributed by atoms with E-state index in [-0.39, 0.29) is 35.4 Å². The molecule has 2 aromatic carbocycles. The molecule has 1 aromatic heterocycles. The minimum absolute atomic E-state index is 0.0285. The van der Waals surface area contributed by atoms with Gasteiger partial charge in [-0.1, -0.05) is 30.3 Å². The number of nitrogens with zero attached hydrogens (tertiary/aromatic N) is 3. The summed E-state index contributed by atoms with van der Waals surface area (Å²) in [5, 5.41) is 0. The van der Waals surface area contributed by atoms with Gasteiger partial charge < -0.3 is 9.64 Å². The number of benzene rings is 2. The summed E-state index contributed by atoms with van der Waals surface area (Å²) >= 11 is -0.258. The number of hydrogen-bond donors (Lipinski definition) is 0. The average Bonchev–Trinajstić information content (AvgIpc) is 3.06. The van der Waals surface area contributed by atoms with E-state index < -0.39 is 17.4 Å². The number of rotatable bonds is 7. The van der Waals surface area contributed by atoms with Crippen molar-refractivity contribution in [3.05, 3.63) is 84.2 Å². The van der Waals surface area contributed by atoms with Gasteiger partial charge in [0.2, 0.25) is 0 Å². The van der Waals surface area contributed by atoms with Crippen LogP contribution in [0.25, 0.3) is 0 Å². The Morgan fingerprint density at radius 2 is 1.73 bits per heavy atom. The van der Waals surface area contributed by atoms with Gasteiger partial charge in [0.25, 0.3) is 5.91 Å².